The standard InChI is InChI=1S/C12H25N/c1-7-9-10(3)12(5)13(6)11(4)8-2/h11H,7-9H2,1-6H3/b12-10+. The fraction of sp³-hybridized carbons (Fsp3) is 0.833. The Balaban J connectivity index is 4.37. The largest absolute Gasteiger partial charge is 0.375 e. The van der Waals surface area contributed by atoms with E-state index in [0.717, 1.165) is 0 Å². The number of nitrogens with zero attached hydrogens (tertiary/aromatic N) is 1. The molecule has 0 fully saturated rings. The smallest absolute Gasteiger partial charge is 0.0252 e. The molecule has 0 rings (SSSR count). The summed E-state index contributed by atoms with van der Waals surface area (Å²) in [5.74, 6) is 0. The molecular weight excluding hydrogens is 158 g/mol. The molecule has 0 bridgehead atoms. The fourth-order valence-corrected chi connectivity index (χ4v) is 1.46. The third-order valence-corrected chi connectivity index (χ3v) is 3.02. The van der Waals surface area contributed by atoms with E-state index in [1.54, 1.807) is 0 Å². The Labute approximate surface area is 83.8 Å². The van der Waals surface area contributed by atoms with Gasteiger partial charge in [0.25, 0.3) is 0 Å². The van der Waals surface area contributed by atoms with Crippen LogP contribution >= 0.6 is 0 Å². The Morgan fingerprint density at radius 3 is 2.15 bits per heavy atom. The van der Waals surface area contributed by atoms with Crippen molar-refractivity contribution in [3.63, 3.8) is 0 Å². The van der Waals surface area contributed by atoms with Gasteiger partial charge in [0.15, 0.2) is 0 Å². The first kappa shape index (κ1) is 12.5. The molecule has 1 atom stereocenters. The van der Waals surface area contributed by atoms with Crippen LogP contribution in [-0.2, 0) is 0 Å². The monoisotopic (exact) mass is 183 g/mol. The molecule has 0 amide bonds. The van der Waals surface area contributed by atoms with Gasteiger partial charge < -0.3 is 4.90 Å². The second kappa shape index (κ2) is 6.06. The third-order valence-electron chi connectivity index (χ3n) is 3.02. The van der Waals surface area contributed by atoms with E-state index in [-0.39, 0.29) is 0 Å². The minimum absolute atomic E-state index is 0.659. The summed E-state index contributed by atoms with van der Waals surface area (Å²) in [6.07, 6.45) is 3.69. The van der Waals surface area contributed by atoms with E-state index in [2.05, 4.69) is 46.6 Å². The molecule has 0 spiro atoms. The summed E-state index contributed by atoms with van der Waals surface area (Å²) in [4.78, 5) is 2.39. The first-order chi connectivity index (χ1) is 6.04. The molecule has 0 saturated heterocycles. The van der Waals surface area contributed by atoms with Gasteiger partial charge in [0.1, 0.15) is 0 Å². The van der Waals surface area contributed by atoms with Crippen molar-refractivity contribution in [3.05, 3.63) is 11.3 Å². The van der Waals surface area contributed by atoms with Crippen LogP contribution in [0.1, 0.15) is 53.9 Å². The van der Waals surface area contributed by atoms with Crippen molar-refractivity contribution in [1.29, 1.82) is 0 Å². The van der Waals surface area contributed by atoms with Crippen LogP contribution in [0.3, 0.4) is 0 Å². The lowest BCUT2D eigenvalue weighted by Crippen LogP contribution is -2.27. The molecule has 0 heterocycles. The van der Waals surface area contributed by atoms with Crippen LogP contribution in [0.25, 0.3) is 0 Å². The molecule has 0 aromatic heterocycles. The highest BCUT2D eigenvalue weighted by Gasteiger charge is 2.08. The molecule has 1 unspecified atom stereocenters. The third kappa shape index (κ3) is 3.84. The van der Waals surface area contributed by atoms with Gasteiger partial charge in [-0.25, -0.2) is 0 Å². The summed E-state index contributed by atoms with van der Waals surface area (Å²) in [6.45, 7) is 11.2. The molecular formula is C12H25N. The predicted octanol–water partition coefficient (Wildman–Crippen LogP) is 3.81. The minimum atomic E-state index is 0.659. The maximum absolute atomic E-state index is 2.39. The van der Waals surface area contributed by atoms with Gasteiger partial charge in [-0.1, -0.05) is 25.8 Å². The first-order valence-electron chi connectivity index (χ1n) is 5.43. The van der Waals surface area contributed by atoms with Gasteiger partial charge in [-0.15, -0.1) is 0 Å². The van der Waals surface area contributed by atoms with Gasteiger partial charge in [-0.2, -0.15) is 0 Å². The van der Waals surface area contributed by atoms with Crippen LogP contribution in [0.2, 0.25) is 0 Å². The minimum Gasteiger partial charge on any atom is -0.375 e. The summed E-state index contributed by atoms with van der Waals surface area (Å²) < 4.78 is 0. The van der Waals surface area contributed by atoms with Crippen LogP contribution in [0.5, 0.6) is 0 Å². The zero-order valence-corrected chi connectivity index (χ0v) is 10.1. The zero-order valence-electron chi connectivity index (χ0n) is 10.1. The lowest BCUT2D eigenvalue weighted by molar-refractivity contribution is 0.312. The molecule has 1 heteroatoms. The Morgan fingerprint density at radius 2 is 1.77 bits per heavy atom. The van der Waals surface area contributed by atoms with Crippen molar-refractivity contribution < 1.29 is 0 Å². The summed E-state index contributed by atoms with van der Waals surface area (Å²) in [6, 6.07) is 0.659. The number of rotatable bonds is 5. The average Bonchev–Trinajstić information content (AvgIpc) is 2.14. The Hall–Kier alpha value is -0.460. The summed E-state index contributed by atoms with van der Waals surface area (Å²) in [5.41, 5.74) is 2.99. The lowest BCUT2D eigenvalue weighted by atomic mass is 10.1. The molecule has 0 aromatic rings. The van der Waals surface area contributed by atoms with Crippen molar-refractivity contribution in [1.82, 2.24) is 4.90 Å². The highest BCUT2D eigenvalue weighted by molar-refractivity contribution is 5.08. The van der Waals surface area contributed by atoms with Gasteiger partial charge in [-0.3, -0.25) is 0 Å². The van der Waals surface area contributed by atoms with Crippen molar-refractivity contribution in [2.45, 2.75) is 59.9 Å². The van der Waals surface area contributed by atoms with E-state index < -0.39 is 0 Å². The molecule has 0 aliphatic carbocycles. The Morgan fingerprint density at radius 1 is 1.23 bits per heavy atom. The molecule has 0 aliphatic heterocycles. The van der Waals surface area contributed by atoms with Crippen LogP contribution < -0.4 is 0 Å². The second-order valence-corrected chi connectivity index (χ2v) is 3.98. The Bertz CT molecular complexity index is 170. The van der Waals surface area contributed by atoms with Gasteiger partial charge in [0, 0.05) is 18.8 Å². The van der Waals surface area contributed by atoms with E-state index >= 15 is 0 Å². The van der Waals surface area contributed by atoms with Crippen LogP contribution in [-0.4, -0.2) is 18.0 Å². The SMILES string of the molecule is CCC/C(C)=C(\C)N(C)C(C)CC. The lowest BCUT2D eigenvalue weighted by Gasteiger charge is -2.28. The molecule has 13 heavy (non-hydrogen) atoms. The highest BCUT2D eigenvalue weighted by Crippen LogP contribution is 2.16. The summed E-state index contributed by atoms with van der Waals surface area (Å²) in [5, 5.41) is 0. The normalized spacial score (nSPS) is 15.2. The van der Waals surface area contributed by atoms with E-state index in [1.165, 1.54) is 30.5 Å². The highest BCUT2D eigenvalue weighted by atomic mass is 15.1. The number of allylic oxidation sites excluding steroid dienone is 2. The van der Waals surface area contributed by atoms with E-state index in [1.807, 2.05) is 0 Å². The van der Waals surface area contributed by atoms with Crippen molar-refractivity contribution in [3.8, 4) is 0 Å². The quantitative estimate of drug-likeness (QED) is 0.626. The van der Waals surface area contributed by atoms with E-state index in [9.17, 15) is 0 Å². The van der Waals surface area contributed by atoms with E-state index in [4.69, 9.17) is 0 Å². The summed E-state index contributed by atoms with van der Waals surface area (Å²) >= 11 is 0. The van der Waals surface area contributed by atoms with Gasteiger partial charge in [0.05, 0.1) is 0 Å². The molecule has 78 valence electrons. The van der Waals surface area contributed by atoms with Crippen molar-refractivity contribution in [2.24, 2.45) is 0 Å². The Kier molecular flexibility index (Phi) is 5.85. The van der Waals surface area contributed by atoms with Gasteiger partial charge in [0.2, 0.25) is 0 Å². The molecule has 0 aliphatic rings. The zero-order chi connectivity index (χ0) is 10.4. The number of hydrogen-bond acceptors (Lipinski definition) is 1. The fourth-order valence-electron chi connectivity index (χ4n) is 1.46. The maximum atomic E-state index is 2.39. The second-order valence-electron chi connectivity index (χ2n) is 3.98. The topological polar surface area (TPSA) is 3.24 Å². The van der Waals surface area contributed by atoms with Crippen LogP contribution in [0.15, 0.2) is 11.3 Å². The van der Waals surface area contributed by atoms with Gasteiger partial charge in [-0.05, 0) is 33.6 Å². The van der Waals surface area contributed by atoms with Crippen molar-refractivity contribution in [2.75, 3.05) is 7.05 Å². The average molecular weight is 183 g/mol. The van der Waals surface area contributed by atoms with Crippen LogP contribution in [0, 0.1) is 0 Å². The maximum Gasteiger partial charge on any atom is 0.0252 e. The molecule has 1 nitrogen and oxygen atoms in total. The van der Waals surface area contributed by atoms with Crippen molar-refractivity contribution >= 4 is 0 Å². The first-order valence-corrected chi connectivity index (χ1v) is 5.43. The molecule has 0 radical (unpaired) electrons. The molecule has 0 N–H and O–H groups in total. The predicted molar refractivity (Wildman–Crippen MR) is 60.8 cm³/mol. The van der Waals surface area contributed by atoms with Gasteiger partial charge >= 0.3 is 0 Å². The molecule has 0 saturated carbocycles. The van der Waals surface area contributed by atoms with E-state index in [0.29, 0.717) is 6.04 Å². The number of hydrogen-bond donors (Lipinski definition) is 0. The summed E-state index contributed by atoms with van der Waals surface area (Å²) in [7, 11) is 2.20. The molecule has 0 aromatic carbocycles. The van der Waals surface area contributed by atoms with Crippen LogP contribution in [0.4, 0.5) is 0 Å².